The molecule has 3 aliphatic heterocycles. The number of methoxy groups -OCH3 is 1. The van der Waals surface area contributed by atoms with Crippen LogP contribution in [0.1, 0.15) is 71.6 Å². The molecule has 7 nitrogen and oxygen atoms in total. The highest BCUT2D eigenvalue weighted by molar-refractivity contribution is 6.22. The Kier molecular flexibility index (Phi) is 4.59. The number of benzene rings is 1. The van der Waals surface area contributed by atoms with E-state index in [2.05, 4.69) is 32.6 Å². The fourth-order valence-electron chi connectivity index (χ4n) is 5.15. The number of amides is 2. The van der Waals surface area contributed by atoms with E-state index in [1.165, 1.54) is 24.1 Å². The van der Waals surface area contributed by atoms with Crippen LogP contribution in [0.15, 0.2) is 18.2 Å². The van der Waals surface area contributed by atoms with Gasteiger partial charge in [0.1, 0.15) is 0 Å². The number of rotatable bonds is 4. The zero-order chi connectivity index (χ0) is 21.1. The molecule has 3 heterocycles. The largest absolute Gasteiger partial charge is 0.465 e. The summed E-state index contributed by atoms with van der Waals surface area (Å²) in [6.45, 7) is 10.3. The Morgan fingerprint density at radius 2 is 1.69 bits per heavy atom. The van der Waals surface area contributed by atoms with Gasteiger partial charge in [-0.15, -0.1) is 0 Å². The first-order valence-corrected chi connectivity index (χ1v) is 10.0. The number of epoxide rings is 1. The molecule has 0 aromatic heterocycles. The maximum atomic E-state index is 13.2. The van der Waals surface area contributed by atoms with Gasteiger partial charge in [0.2, 0.25) is 0 Å². The van der Waals surface area contributed by atoms with Gasteiger partial charge in [-0.3, -0.25) is 19.4 Å². The minimum Gasteiger partial charge on any atom is -0.465 e. The fraction of sp³-hybridized carbons (Fsp3) is 0.591. The molecule has 0 aliphatic carbocycles. The van der Waals surface area contributed by atoms with Crippen molar-refractivity contribution >= 4 is 17.8 Å². The molecule has 2 fully saturated rings. The lowest BCUT2D eigenvalue weighted by molar-refractivity contribution is -0.0579. The Bertz CT molecular complexity index is 869. The lowest BCUT2D eigenvalue weighted by Gasteiger charge is -2.56. The Morgan fingerprint density at radius 3 is 2.24 bits per heavy atom. The molecular formula is C22H28N2O5. The number of fused-ring (bicyclic) bond motifs is 1. The predicted octanol–water partition coefficient (Wildman–Crippen LogP) is 2.49. The first kappa shape index (κ1) is 20.0. The normalized spacial score (nSPS) is 25.8. The van der Waals surface area contributed by atoms with Crippen LogP contribution in [0.3, 0.4) is 0 Å². The van der Waals surface area contributed by atoms with Gasteiger partial charge in [-0.2, -0.15) is 0 Å². The van der Waals surface area contributed by atoms with Crippen molar-refractivity contribution in [2.45, 2.75) is 63.8 Å². The number of hydrogen-bond acceptors (Lipinski definition) is 6. The number of imide groups is 1. The van der Waals surface area contributed by atoms with Gasteiger partial charge in [0.05, 0.1) is 36.5 Å². The summed E-state index contributed by atoms with van der Waals surface area (Å²) in [5.74, 6) is -1.13. The van der Waals surface area contributed by atoms with E-state index in [9.17, 15) is 14.4 Å². The van der Waals surface area contributed by atoms with Gasteiger partial charge < -0.3 is 9.47 Å². The van der Waals surface area contributed by atoms with Crippen LogP contribution in [0.5, 0.6) is 0 Å². The van der Waals surface area contributed by atoms with Crippen LogP contribution in [0.2, 0.25) is 0 Å². The smallest absolute Gasteiger partial charge is 0.337 e. The summed E-state index contributed by atoms with van der Waals surface area (Å²) in [4.78, 5) is 42.0. The highest BCUT2D eigenvalue weighted by Gasteiger charge is 2.52. The molecular weight excluding hydrogens is 372 g/mol. The first-order valence-electron chi connectivity index (χ1n) is 10.0. The summed E-state index contributed by atoms with van der Waals surface area (Å²) in [5, 5.41) is 0. The molecule has 2 saturated heterocycles. The van der Waals surface area contributed by atoms with E-state index in [4.69, 9.17) is 9.47 Å². The zero-order valence-electron chi connectivity index (χ0n) is 17.7. The molecule has 1 aromatic rings. The molecule has 3 aliphatic rings. The molecule has 0 saturated carbocycles. The second-order valence-electron chi connectivity index (χ2n) is 9.49. The molecule has 1 atom stereocenters. The Balaban J connectivity index is 1.62. The van der Waals surface area contributed by atoms with E-state index in [0.29, 0.717) is 18.4 Å². The molecule has 0 N–H and O–H groups in total. The van der Waals surface area contributed by atoms with Crippen LogP contribution >= 0.6 is 0 Å². The molecule has 0 spiro atoms. The van der Waals surface area contributed by atoms with Gasteiger partial charge in [0, 0.05) is 23.7 Å². The van der Waals surface area contributed by atoms with E-state index in [1.54, 1.807) is 6.07 Å². The zero-order valence-corrected chi connectivity index (χ0v) is 17.7. The quantitative estimate of drug-likeness (QED) is 0.439. The molecule has 1 aromatic carbocycles. The molecule has 0 radical (unpaired) electrons. The van der Waals surface area contributed by atoms with Gasteiger partial charge in [-0.1, -0.05) is 0 Å². The van der Waals surface area contributed by atoms with Crippen molar-refractivity contribution in [1.82, 2.24) is 9.80 Å². The summed E-state index contributed by atoms with van der Waals surface area (Å²) in [6, 6.07) is 4.35. The van der Waals surface area contributed by atoms with Gasteiger partial charge >= 0.3 is 5.97 Å². The third-order valence-corrected chi connectivity index (χ3v) is 6.42. The average Bonchev–Trinajstić information content (AvgIpc) is 3.43. The second kappa shape index (κ2) is 6.64. The van der Waals surface area contributed by atoms with Crippen LogP contribution in [0.25, 0.3) is 0 Å². The summed E-state index contributed by atoms with van der Waals surface area (Å²) in [7, 11) is 1.29. The lowest BCUT2D eigenvalue weighted by atomic mass is 9.76. The Morgan fingerprint density at radius 1 is 1.10 bits per heavy atom. The Hall–Kier alpha value is -2.25. The molecule has 0 bridgehead atoms. The number of ether oxygens (including phenoxy) is 2. The van der Waals surface area contributed by atoms with Crippen molar-refractivity contribution in [2.24, 2.45) is 0 Å². The number of carbonyl (C=O) groups is 3. The highest BCUT2D eigenvalue weighted by Crippen LogP contribution is 2.43. The minimum absolute atomic E-state index is 0.190. The molecule has 156 valence electrons. The lowest BCUT2D eigenvalue weighted by Crippen LogP contribution is -2.65. The topological polar surface area (TPSA) is 79.5 Å². The number of hydrogen-bond donors (Lipinski definition) is 0. The van der Waals surface area contributed by atoms with Crippen LogP contribution in [-0.2, 0) is 9.47 Å². The average molecular weight is 400 g/mol. The van der Waals surface area contributed by atoms with Crippen LogP contribution in [0, 0.1) is 0 Å². The van der Waals surface area contributed by atoms with Gasteiger partial charge in [0.25, 0.3) is 11.8 Å². The van der Waals surface area contributed by atoms with E-state index in [-0.39, 0.29) is 46.2 Å². The third-order valence-electron chi connectivity index (χ3n) is 6.42. The van der Waals surface area contributed by atoms with Crippen molar-refractivity contribution in [1.29, 1.82) is 0 Å². The molecule has 2 amide bonds. The predicted molar refractivity (Wildman–Crippen MR) is 106 cm³/mol. The highest BCUT2D eigenvalue weighted by atomic mass is 16.6. The van der Waals surface area contributed by atoms with Gasteiger partial charge in [0.15, 0.2) is 0 Å². The fourth-order valence-corrected chi connectivity index (χ4v) is 5.15. The van der Waals surface area contributed by atoms with Crippen LogP contribution in [-0.4, -0.2) is 71.1 Å². The van der Waals surface area contributed by atoms with Crippen LogP contribution in [0.4, 0.5) is 0 Å². The van der Waals surface area contributed by atoms with Crippen molar-refractivity contribution in [3.05, 3.63) is 34.9 Å². The van der Waals surface area contributed by atoms with Crippen molar-refractivity contribution < 1.29 is 23.9 Å². The SMILES string of the molecule is COC(=O)c1ccc2c(c1)C(=O)N(C1CC(C)(C)N(CC3CO3)C(C)(C)C1)C2=O. The third kappa shape index (κ3) is 3.36. The molecule has 4 rings (SSSR count). The van der Waals surface area contributed by atoms with Gasteiger partial charge in [-0.25, -0.2) is 4.79 Å². The number of likely N-dealkylation sites (tertiary alicyclic amines) is 1. The molecule has 1 unspecified atom stereocenters. The Labute approximate surface area is 170 Å². The summed E-state index contributed by atoms with van der Waals surface area (Å²) in [5.41, 5.74) is 0.527. The minimum atomic E-state index is -0.524. The summed E-state index contributed by atoms with van der Waals surface area (Å²) in [6.07, 6.45) is 1.66. The molecule has 29 heavy (non-hydrogen) atoms. The van der Waals surface area contributed by atoms with E-state index in [1.807, 2.05) is 0 Å². The summed E-state index contributed by atoms with van der Waals surface area (Å²) >= 11 is 0. The first-order chi connectivity index (χ1) is 13.5. The number of carbonyl (C=O) groups excluding carboxylic acids is 3. The van der Waals surface area contributed by atoms with Crippen molar-refractivity contribution in [3.8, 4) is 0 Å². The second-order valence-corrected chi connectivity index (χ2v) is 9.49. The van der Waals surface area contributed by atoms with E-state index >= 15 is 0 Å². The van der Waals surface area contributed by atoms with Crippen LogP contribution < -0.4 is 0 Å². The standard InChI is InChI=1S/C22H28N2O5/c1-21(2)9-14(10-22(3,4)23(21)11-15-12-29-15)24-18(25)16-7-6-13(20(27)28-5)8-17(16)19(24)26/h6-8,14-15H,9-12H2,1-5H3. The van der Waals surface area contributed by atoms with Crippen molar-refractivity contribution in [2.75, 3.05) is 20.3 Å². The monoisotopic (exact) mass is 400 g/mol. The van der Waals surface area contributed by atoms with E-state index in [0.717, 1.165) is 13.2 Å². The number of nitrogens with zero attached hydrogens (tertiary/aromatic N) is 2. The summed E-state index contributed by atoms with van der Waals surface area (Å²) < 4.78 is 10.2. The van der Waals surface area contributed by atoms with Crippen molar-refractivity contribution in [3.63, 3.8) is 0 Å². The van der Waals surface area contributed by atoms with Gasteiger partial charge in [-0.05, 0) is 58.7 Å². The van der Waals surface area contributed by atoms with E-state index < -0.39 is 5.97 Å². The maximum Gasteiger partial charge on any atom is 0.337 e. The number of esters is 1. The maximum absolute atomic E-state index is 13.2. The number of piperidine rings is 1. The molecule has 7 heteroatoms.